The Kier molecular flexibility index (Phi) is 3.35. The molecule has 5 heteroatoms. The van der Waals surface area contributed by atoms with Crippen molar-refractivity contribution in [2.45, 2.75) is 19.3 Å². The summed E-state index contributed by atoms with van der Waals surface area (Å²) >= 11 is 0. The summed E-state index contributed by atoms with van der Waals surface area (Å²) in [4.78, 5) is 13.9. The molecule has 1 saturated heterocycles. The molecule has 3 rings (SSSR count). The predicted octanol–water partition coefficient (Wildman–Crippen LogP) is 1.99. The average molecular weight is 258 g/mol. The van der Waals surface area contributed by atoms with Crippen molar-refractivity contribution < 1.29 is 4.84 Å². The Bertz CT molecular complexity index is 491. The van der Waals surface area contributed by atoms with Gasteiger partial charge in [0.15, 0.2) is 12.1 Å². The Balaban J connectivity index is 1.80. The lowest BCUT2D eigenvalue weighted by Crippen LogP contribution is -2.41. The van der Waals surface area contributed by atoms with Crippen molar-refractivity contribution in [1.82, 2.24) is 14.8 Å². The van der Waals surface area contributed by atoms with Gasteiger partial charge < -0.3 is 14.6 Å². The molecule has 0 unspecified atom stereocenters. The first-order valence-corrected chi connectivity index (χ1v) is 6.69. The van der Waals surface area contributed by atoms with E-state index in [1.165, 1.54) is 19.3 Å². The number of amidine groups is 1. The van der Waals surface area contributed by atoms with Crippen LogP contribution in [0.5, 0.6) is 0 Å². The molecule has 1 aromatic rings. The summed E-state index contributed by atoms with van der Waals surface area (Å²) in [6.45, 7) is 2.17. The highest BCUT2D eigenvalue weighted by Crippen LogP contribution is 2.21. The average Bonchev–Trinajstić information content (AvgIpc) is 2.49. The fraction of sp³-hybridized carbons (Fsp3) is 0.429. The summed E-state index contributed by atoms with van der Waals surface area (Å²) in [5.74, 6) is 1.88. The van der Waals surface area contributed by atoms with Gasteiger partial charge in [0.1, 0.15) is 5.82 Å². The van der Waals surface area contributed by atoms with Crippen molar-refractivity contribution >= 4 is 5.84 Å². The quantitative estimate of drug-likeness (QED) is 0.813. The molecule has 2 aliphatic heterocycles. The highest BCUT2D eigenvalue weighted by Gasteiger charge is 2.24. The largest absolute Gasteiger partial charge is 0.359 e. The normalized spacial score (nSPS) is 19.6. The van der Waals surface area contributed by atoms with Crippen LogP contribution in [-0.4, -0.2) is 40.8 Å². The molecule has 1 fully saturated rings. The second-order valence-corrected chi connectivity index (χ2v) is 4.84. The summed E-state index contributed by atoms with van der Waals surface area (Å²) < 4.78 is 0. The van der Waals surface area contributed by atoms with Crippen LogP contribution in [0.15, 0.2) is 41.8 Å². The zero-order valence-electron chi connectivity index (χ0n) is 11.1. The van der Waals surface area contributed by atoms with Gasteiger partial charge in [-0.05, 0) is 31.4 Å². The third-order valence-electron chi connectivity index (χ3n) is 3.56. The van der Waals surface area contributed by atoms with E-state index in [1.54, 1.807) is 18.7 Å². The zero-order valence-corrected chi connectivity index (χ0v) is 11.1. The van der Waals surface area contributed by atoms with Gasteiger partial charge in [-0.1, -0.05) is 5.16 Å². The second-order valence-electron chi connectivity index (χ2n) is 4.84. The maximum atomic E-state index is 5.29. The lowest BCUT2D eigenvalue weighted by atomic mass is 10.1. The lowest BCUT2D eigenvalue weighted by Gasteiger charge is -2.36. The van der Waals surface area contributed by atoms with Crippen LogP contribution in [0, 0.1) is 0 Å². The molecule has 0 saturated carbocycles. The Morgan fingerprint density at radius 2 is 2.05 bits per heavy atom. The molecule has 100 valence electrons. The predicted molar refractivity (Wildman–Crippen MR) is 73.1 cm³/mol. The third kappa shape index (κ3) is 2.41. The van der Waals surface area contributed by atoms with Crippen molar-refractivity contribution in [2.24, 2.45) is 5.16 Å². The minimum Gasteiger partial charge on any atom is -0.359 e. The molecule has 0 aromatic carbocycles. The molecule has 0 atom stereocenters. The van der Waals surface area contributed by atoms with Gasteiger partial charge in [0.05, 0.1) is 0 Å². The number of aromatic nitrogens is 1. The maximum Gasteiger partial charge on any atom is 0.182 e. The number of hydrogen-bond acceptors (Lipinski definition) is 5. The van der Waals surface area contributed by atoms with Crippen LogP contribution in [0.4, 0.5) is 0 Å². The summed E-state index contributed by atoms with van der Waals surface area (Å²) in [6.07, 6.45) is 9.09. The molecule has 3 heterocycles. The lowest BCUT2D eigenvalue weighted by molar-refractivity contribution is 0.177. The smallest absolute Gasteiger partial charge is 0.182 e. The van der Waals surface area contributed by atoms with E-state index in [9.17, 15) is 0 Å². The van der Waals surface area contributed by atoms with Crippen LogP contribution in [0.1, 0.15) is 24.8 Å². The van der Waals surface area contributed by atoms with Gasteiger partial charge in [0.2, 0.25) is 0 Å². The SMILES string of the molecule is CN1C(N2CCCCC2)=CON=C1c1cccnc1. The first-order valence-electron chi connectivity index (χ1n) is 6.69. The van der Waals surface area contributed by atoms with Gasteiger partial charge in [0, 0.05) is 38.1 Å². The zero-order chi connectivity index (χ0) is 13.1. The highest BCUT2D eigenvalue weighted by molar-refractivity contribution is 5.99. The van der Waals surface area contributed by atoms with Crippen molar-refractivity contribution in [3.63, 3.8) is 0 Å². The maximum absolute atomic E-state index is 5.29. The summed E-state index contributed by atoms with van der Waals surface area (Å²) in [6, 6.07) is 3.90. The third-order valence-corrected chi connectivity index (χ3v) is 3.56. The molecule has 0 bridgehead atoms. The van der Waals surface area contributed by atoms with Gasteiger partial charge in [-0.3, -0.25) is 4.98 Å². The number of pyridine rings is 1. The fourth-order valence-corrected chi connectivity index (χ4v) is 2.52. The summed E-state index contributed by atoms with van der Waals surface area (Å²) in [5.41, 5.74) is 0.965. The molecule has 1 aromatic heterocycles. The van der Waals surface area contributed by atoms with E-state index in [2.05, 4.69) is 19.9 Å². The van der Waals surface area contributed by atoms with E-state index in [0.717, 1.165) is 30.3 Å². The Morgan fingerprint density at radius 3 is 2.79 bits per heavy atom. The minimum atomic E-state index is 0.802. The Labute approximate surface area is 113 Å². The number of piperidine rings is 1. The number of nitrogens with zero attached hydrogens (tertiary/aromatic N) is 4. The Morgan fingerprint density at radius 1 is 1.21 bits per heavy atom. The molecule has 0 amide bonds. The number of hydrogen-bond donors (Lipinski definition) is 0. The van der Waals surface area contributed by atoms with Gasteiger partial charge in [-0.2, -0.15) is 0 Å². The van der Waals surface area contributed by atoms with Gasteiger partial charge in [0.25, 0.3) is 0 Å². The van der Waals surface area contributed by atoms with Crippen LogP contribution in [0.2, 0.25) is 0 Å². The van der Waals surface area contributed by atoms with Crippen LogP contribution in [0.25, 0.3) is 0 Å². The summed E-state index contributed by atoms with van der Waals surface area (Å²) in [7, 11) is 2.02. The minimum absolute atomic E-state index is 0.802. The van der Waals surface area contributed by atoms with E-state index in [0.29, 0.717) is 0 Å². The van der Waals surface area contributed by atoms with Crippen LogP contribution in [-0.2, 0) is 4.84 Å². The molecule has 0 N–H and O–H groups in total. The molecular weight excluding hydrogens is 240 g/mol. The van der Waals surface area contributed by atoms with E-state index in [4.69, 9.17) is 4.84 Å². The van der Waals surface area contributed by atoms with Crippen LogP contribution < -0.4 is 0 Å². The number of likely N-dealkylation sites (tertiary alicyclic amines) is 1. The molecule has 19 heavy (non-hydrogen) atoms. The van der Waals surface area contributed by atoms with Gasteiger partial charge in [-0.15, -0.1) is 0 Å². The topological polar surface area (TPSA) is 41.0 Å². The van der Waals surface area contributed by atoms with Crippen molar-refractivity contribution in [3.8, 4) is 0 Å². The summed E-state index contributed by atoms with van der Waals surface area (Å²) in [5, 5.41) is 4.13. The van der Waals surface area contributed by atoms with E-state index >= 15 is 0 Å². The Hall–Kier alpha value is -2.04. The van der Waals surface area contributed by atoms with E-state index < -0.39 is 0 Å². The molecule has 0 radical (unpaired) electrons. The first-order chi connectivity index (χ1) is 9.36. The van der Waals surface area contributed by atoms with Crippen LogP contribution in [0.3, 0.4) is 0 Å². The molecule has 5 nitrogen and oxygen atoms in total. The number of rotatable bonds is 2. The fourth-order valence-electron chi connectivity index (χ4n) is 2.52. The van der Waals surface area contributed by atoms with Crippen LogP contribution >= 0.6 is 0 Å². The second kappa shape index (κ2) is 5.30. The molecule has 0 spiro atoms. The molecule has 0 aliphatic carbocycles. The highest BCUT2D eigenvalue weighted by atomic mass is 16.6. The van der Waals surface area contributed by atoms with Gasteiger partial charge in [-0.25, -0.2) is 0 Å². The van der Waals surface area contributed by atoms with Crippen molar-refractivity contribution in [2.75, 3.05) is 20.1 Å². The van der Waals surface area contributed by atoms with Crippen molar-refractivity contribution in [3.05, 3.63) is 42.2 Å². The standard InChI is InChI=1S/C14H18N4O/c1-17-13(18-8-3-2-4-9-18)11-19-16-14(17)12-6-5-7-15-10-12/h5-7,10-11H,2-4,8-9H2,1H3. The monoisotopic (exact) mass is 258 g/mol. The van der Waals surface area contributed by atoms with E-state index in [1.807, 2.05) is 19.2 Å². The number of oxime groups is 1. The first kappa shape index (κ1) is 12.0. The van der Waals surface area contributed by atoms with Gasteiger partial charge >= 0.3 is 0 Å². The van der Waals surface area contributed by atoms with E-state index in [-0.39, 0.29) is 0 Å². The molecule has 2 aliphatic rings. The molecular formula is C14H18N4O. The van der Waals surface area contributed by atoms with Crippen molar-refractivity contribution in [1.29, 1.82) is 0 Å².